The molecule has 0 bridgehead atoms. The Kier molecular flexibility index (Phi) is 5.42. The summed E-state index contributed by atoms with van der Waals surface area (Å²) in [7, 11) is 0. The summed E-state index contributed by atoms with van der Waals surface area (Å²) in [6.07, 6.45) is 2.72. The Morgan fingerprint density at radius 1 is 1.31 bits per heavy atom. The Morgan fingerprint density at radius 2 is 1.93 bits per heavy atom. The van der Waals surface area contributed by atoms with Gasteiger partial charge in [0.2, 0.25) is 0 Å². The molecule has 2 saturated heterocycles. The summed E-state index contributed by atoms with van der Waals surface area (Å²) in [6, 6.07) is -0.549. The first-order valence-electron chi connectivity index (χ1n) is 9.98. The number of likely N-dealkylation sites (tertiary alicyclic amines) is 1. The molecule has 1 aromatic heterocycles. The molecule has 1 aromatic rings. The third-order valence-corrected chi connectivity index (χ3v) is 5.76. The molecular formula is C20H31N3O6. The minimum atomic E-state index is -1.26. The number of ether oxygens (including phenoxy) is 2. The smallest absolute Gasteiger partial charge is 0.410 e. The van der Waals surface area contributed by atoms with E-state index < -0.39 is 34.1 Å². The highest BCUT2D eigenvalue weighted by molar-refractivity contribution is 5.68. The number of aryl methyl sites for hydroxylation is 1. The van der Waals surface area contributed by atoms with Crippen molar-refractivity contribution in [3.8, 4) is 0 Å². The quantitative estimate of drug-likeness (QED) is 0.723. The molecule has 1 spiro atoms. The van der Waals surface area contributed by atoms with E-state index in [0.717, 1.165) is 0 Å². The fraction of sp³-hybridized carbons (Fsp3) is 0.750. The van der Waals surface area contributed by atoms with Crippen molar-refractivity contribution >= 4 is 6.09 Å². The van der Waals surface area contributed by atoms with E-state index in [1.165, 1.54) is 10.8 Å². The second-order valence-electron chi connectivity index (χ2n) is 9.49. The average Bonchev–Trinajstić information content (AvgIpc) is 2.60. The van der Waals surface area contributed by atoms with Gasteiger partial charge >= 0.3 is 11.8 Å². The van der Waals surface area contributed by atoms with Gasteiger partial charge in [0.15, 0.2) is 0 Å². The Balaban J connectivity index is 1.78. The van der Waals surface area contributed by atoms with Gasteiger partial charge in [-0.3, -0.25) is 14.3 Å². The number of nitrogens with zero attached hydrogens (tertiary/aromatic N) is 2. The summed E-state index contributed by atoms with van der Waals surface area (Å²) < 4.78 is 12.9. The summed E-state index contributed by atoms with van der Waals surface area (Å²) in [5.41, 5.74) is -2.94. The maximum atomic E-state index is 12.4. The number of carbonyl (C=O) groups is 1. The molecule has 0 saturated carbocycles. The standard InChI is InChI=1S/C20H31N3O6/c1-13-11-23(16(25)21-15(13)24)14-10-20(28-12-19(14,5)27)6-8-22(9-7-20)17(26)29-18(2,3)4/h11,14,27H,6-10,12H2,1-5H3,(H,21,24,25)/t14-,19-/m0/s1. The van der Waals surface area contributed by atoms with Crippen LogP contribution in [0, 0.1) is 6.92 Å². The number of amides is 1. The van der Waals surface area contributed by atoms with E-state index >= 15 is 0 Å². The van der Waals surface area contributed by atoms with Crippen molar-refractivity contribution in [2.24, 2.45) is 0 Å². The predicted octanol–water partition coefficient (Wildman–Crippen LogP) is 1.33. The van der Waals surface area contributed by atoms with Gasteiger partial charge < -0.3 is 19.5 Å². The molecular weight excluding hydrogens is 378 g/mol. The fourth-order valence-corrected chi connectivity index (χ4v) is 4.01. The van der Waals surface area contributed by atoms with Gasteiger partial charge in [-0.25, -0.2) is 9.59 Å². The molecule has 9 heteroatoms. The molecule has 2 N–H and O–H groups in total. The lowest BCUT2D eigenvalue weighted by atomic mass is 9.77. The lowest BCUT2D eigenvalue weighted by Gasteiger charge is -2.50. The minimum Gasteiger partial charge on any atom is -0.444 e. The number of H-pyrrole nitrogens is 1. The zero-order valence-corrected chi connectivity index (χ0v) is 17.8. The first kappa shape index (κ1) is 21.6. The summed E-state index contributed by atoms with van der Waals surface area (Å²) in [5, 5.41) is 10.9. The second-order valence-corrected chi connectivity index (χ2v) is 9.49. The normalized spacial score (nSPS) is 27.1. The number of carbonyl (C=O) groups excluding carboxylic acids is 1. The number of aromatic amines is 1. The second kappa shape index (κ2) is 7.28. The van der Waals surface area contributed by atoms with Crippen molar-refractivity contribution in [1.29, 1.82) is 0 Å². The zero-order chi connectivity index (χ0) is 21.6. The number of hydrogen-bond acceptors (Lipinski definition) is 6. The van der Waals surface area contributed by atoms with Crippen molar-refractivity contribution in [2.45, 2.75) is 76.7 Å². The fourth-order valence-electron chi connectivity index (χ4n) is 4.01. The molecule has 162 valence electrons. The van der Waals surface area contributed by atoms with Crippen LogP contribution in [0.3, 0.4) is 0 Å². The number of hydrogen-bond donors (Lipinski definition) is 2. The van der Waals surface area contributed by atoms with E-state index in [2.05, 4.69) is 4.98 Å². The lowest BCUT2D eigenvalue weighted by molar-refractivity contribution is -0.200. The first-order chi connectivity index (χ1) is 13.3. The molecule has 2 aliphatic rings. The van der Waals surface area contributed by atoms with Gasteiger partial charge in [-0.2, -0.15) is 0 Å². The molecule has 0 aromatic carbocycles. The van der Waals surface area contributed by atoms with Crippen molar-refractivity contribution < 1.29 is 19.4 Å². The number of rotatable bonds is 1. The number of aliphatic hydroxyl groups is 1. The van der Waals surface area contributed by atoms with Gasteiger partial charge in [-0.15, -0.1) is 0 Å². The summed E-state index contributed by atoms with van der Waals surface area (Å²) >= 11 is 0. The van der Waals surface area contributed by atoms with Crippen LogP contribution in [0.5, 0.6) is 0 Å². The van der Waals surface area contributed by atoms with Crippen LogP contribution < -0.4 is 11.2 Å². The molecule has 0 unspecified atom stereocenters. The molecule has 0 radical (unpaired) electrons. The van der Waals surface area contributed by atoms with Crippen LogP contribution in [-0.2, 0) is 9.47 Å². The SMILES string of the molecule is Cc1cn([C@H]2CC3(CCN(C(=O)OC(C)(C)C)CC3)OC[C@]2(C)O)c(=O)[nH]c1=O. The number of piperidine rings is 1. The average molecular weight is 409 g/mol. The molecule has 3 heterocycles. The summed E-state index contributed by atoms with van der Waals surface area (Å²) in [5.74, 6) is 0. The Labute approximate surface area is 169 Å². The van der Waals surface area contributed by atoms with Crippen molar-refractivity contribution in [2.75, 3.05) is 19.7 Å². The molecule has 2 atom stereocenters. The maximum absolute atomic E-state index is 12.4. The topological polar surface area (TPSA) is 114 Å². The van der Waals surface area contributed by atoms with E-state index in [1.54, 1.807) is 18.7 Å². The van der Waals surface area contributed by atoms with E-state index in [1.807, 2.05) is 20.8 Å². The molecule has 0 aliphatic carbocycles. The highest BCUT2D eigenvalue weighted by atomic mass is 16.6. The van der Waals surface area contributed by atoms with Gasteiger partial charge in [0.1, 0.15) is 11.2 Å². The lowest BCUT2D eigenvalue weighted by Crippen LogP contribution is -2.59. The minimum absolute atomic E-state index is 0.0642. The van der Waals surface area contributed by atoms with Crippen LogP contribution in [0.25, 0.3) is 0 Å². The molecule has 3 rings (SSSR count). The molecule has 9 nitrogen and oxygen atoms in total. The Morgan fingerprint density at radius 3 is 2.52 bits per heavy atom. The molecule has 29 heavy (non-hydrogen) atoms. The van der Waals surface area contributed by atoms with Crippen LogP contribution in [0.1, 0.15) is 58.6 Å². The number of nitrogens with one attached hydrogen (secondary N) is 1. The first-order valence-corrected chi connectivity index (χ1v) is 9.98. The summed E-state index contributed by atoms with van der Waals surface area (Å²) in [6.45, 7) is 9.76. The van der Waals surface area contributed by atoms with E-state index in [9.17, 15) is 19.5 Å². The van der Waals surface area contributed by atoms with Gasteiger partial charge in [0.05, 0.1) is 18.2 Å². The van der Waals surface area contributed by atoms with Crippen LogP contribution >= 0.6 is 0 Å². The predicted molar refractivity (Wildman–Crippen MR) is 106 cm³/mol. The zero-order valence-electron chi connectivity index (χ0n) is 17.8. The van der Waals surface area contributed by atoms with E-state index in [0.29, 0.717) is 37.9 Å². The van der Waals surface area contributed by atoms with Crippen molar-refractivity contribution in [3.63, 3.8) is 0 Å². The van der Waals surface area contributed by atoms with E-state index in [4.69, 9.17) is 9.47 Å². The van der Waals surface area contributed by atoms with Crippen LogP contribution in [-0.4, -0.2) is 62.2 Å². The molecule has 2 fully saturated rings. The van der Waals surface area contributed by atoms with Gasteiger partial charge in [0, 0.05) is 31.3 Å². The largest absolute Gasteiger partial charge is 0.444 e. The third-order valence-electron chi connectivity index (χ3n) is 5.76. The monoisotopic (exact) mass is 409 g/mol. The highest BCUT2D eigenvalue weighted by Gasteiger charge is 2.50. The Bertz CT molecular complexity index is 887. The molecule has 2 aliphatic heterocycles. The van der Waals surface area contributed by atoms with Gasteiger partial charge in [-0.05, 0) is 47.5 Å². The number of aromatic nitrogens is 2. The summed E-state index contributed by atoms with van der Waals surface area (Å²) in [4.78, 5) is 40.4. The van der Waals surface area contributed by atoms with Crippen LogP contribution in [0.15, 0.2) is 15.8 Å². The van der Waals surface area contributed by atoms with Crippen molar-refractivity contribution in [3.05, 3.63) is 32.6 Å². The Hall–Kier alpha value is -2.13. The van der Waals surface area contributed by atoms with Crippen LogP contribution in [0.2, 0.25) is 0 Å². The van der Waals surface area contributed by atoms with Crippen molar-refractivity contribution in [1.82, 2.24) is 14.5 Å². The van der Waals surface area contributed by atoms with Gasteiger partial charge in [0.25, 0.3) is 5.56 Å². The van der Waals surface area contributed by atoms with Crippen LogP contribution in [0.4, 0.5) is 4.79 Å². The van der Waals surface area contributed by atoms with Gasteiger partial charge in [-0.1, -0.05) is 0 Å². The third kappa shape index (κ3) is 4.56. The van der Waals surface area contributed by atoms with E-state index in [-0.39, 0.29) is 12.7 Å². The molecule has 1 amide bonds. The maximum Gasteiger partial charge on any atom is 0.410 e. The highest BCUT2D eigenvalue weighted by Crippen LogP contribution is 2.43.